The average Bonchev–Trinajstić information content (AvgIpc) is 2.97. The number of hydrogen-bond donors (Lipinski definition) is 0. The van der Waals surface area contributed by atoms with Crippen molar-refractivity contribution in [3.63, 3.8) is 0 Å². The molecule has 1 aromatic heterocycles. The van der Waals surface area contributed by atoms with E-state index in [1.165, 1.54) is 5.56 Å². The van der Waals surface area contributed by atoms with E-state index in [1.54, 1.807) is 0 Å². The van der Waals surface area contributed by atoms with Gasteiger partial charge in [0.05, 0.1) is 5.69 Å². The Morgan fingerprint density at radius 3 is 2.64 bits per heavy atom. The summed E-state index contributed by atoms with van der Waals surface area (Å²) in [4.78, 5) is 21.8. The van der Waals surface area contributed by atoms with E-state index in [4.69, 9.17) is 0 Å². The maximum absolute atomic E-state index is 12.7. The highest BCUT2D eigenvalue weighted by molar-refractivity contribution is 5.77. The van der Waals surface area contributed by atoms with Gasteiger partial charge in [0, 0.05) is 44.8 Å². The normalized spacial score (nSPS) is 24.2. The van der Waals surface area contributed by atoms with Crippen LogP contribution in [0.4, 0.5) is 0 Å². The van der Waals surface area contributed by atoms with E-state index in [1.807, 2.05) is 24.4 Å². The van der Waals surface area contributed by atoms with Crippen molar-refractivity contribution in [1.29, 1.82) is 0 Å². The van der Waals surface area contributed by atoms with E-state index >= 15 is 0 Å². The molecule has 0 radical (unpaired) electrons. The predicted octanol–water partition coefficient (Wildman–Crippen LogP) is 3.09. The SMILES string of the molecule is O=C1CCC[C@@H]2CN(Cc3ccccn3)C[C@@H]2N1Cc1ccccc1. The molecule has 0 aliphatic carbocycles. The third-order valence-electron chi connectivity index (χ3n) is 5.48. The van der Waals surface area contributed by atoms with Gasteiger partial charge in [0.1, 0.15) is 0 Å². The first-order chi connectivity index (χ1) is 12.3. The van der Waals surface area contributed by atoms with Crippen LogP contribution in [0.25, 0.3) is 0 Å². The van der Waals surface area contributed by atoms with Crippen LogP contribution in [0.1, 0.15) is 30.5 Å². The first-order valence-corrected chi connectivity index (χ1v) is 9.25. The van der Waals surface area contributed by atoms with Crippen LogP contribution in [0, 0.1) is 5.92 Å². The number of pyridine rings is 1. The molecule has 2 aliphatic heterocycles. The fraction of sp³-hybridized carbons (Fsp3) is 0.429. The minimum Gasteiger partial charge on any atom is -0.334 e. The molecule has 0 unspecified atom stereocenters. The third kappa shape index (κ3) is 3.74. The minimum atomic E-state index is 0.316. The summed E-state index contributed by atoms with van der Waals surface area (Å²) in [6, 6.07) is 16.8. The highest BCUT2D eigenvalue weighted by Gasteiger charge is 2.40. The molecule has 4 heteroatoms. The highest BCUT2D eigenvalue weighted by Crippen LogP contribution is 2.32. The maximum atomic E-state index is 12.7. The summed E-state index contributed by atoms with van der Waals surface area (Å²) in [5.74, 6) is 0.898. The van der Waals surface area contributed by atoms with Gasteiger partial charge in [0.15, 0.2) is 0 Å². The largest absolute Gasteiger partial charge is 0.334 e. The van der Waals surface area contributed by atoms with Crippen LogP contribution in [-0.2, 0) is 17.9 Å². The lowest BCUT2D eigenvalue weighted by Crippen LogP contribution is -2.42. The molecule has 25 heavy (non-hydrogen) atoms. The van der Waals surface area contributed by atoms with E-state index in [0.717, 1.165) is 44.7 Å². The van der Waals surface area contributed by atoms with Crippen molar-refractivity contribution in [2.45, 2.75) is 38.4 Å². The monoisotopic (exact) mass is 335 g/mol. The number of benzene rings is 1. The summed E-state index contributed by atoms with van der Waals surface area (Å²) in [5.41, 5.74) is 2.33. The Hall–Kier alpha value is -2.20. The zero-order valence-corrected chi connectivity index (χ0v) is 14.6. The molecule has 2 atom stereocenters. The molecule has 0 saturated carbocycles. The molecule has 2 aromatic rings. The fourth-order valence-electron chi connectivity index (χ4n) is 4.26. The molecule has 4 nitrogen and oxygen atoms in total. The van der Waals surface area contributed by atoms with Crippen molar-refractivity contribution in [1.82, 2.24) is 14.8 Å². The van der Waals surface area contributed by atoms with Gasteiger partial charge < -0.3 is 4.90 Å². The van der Waals surface area contributed by atoms with E-state index in [-0.39, 0.29) is 0 Å². The third-order valence-corrected chi connectivity index (χ3v) is 5.48. The minimum absolute atomic E-state index is 0.316. The van der Waals surface area contributed by atoms with E-state index in [0.29, 0.717) is 24.3 Å². The van der Waals surface area contributed by atoms with Crippen LogP contribution in [0.3, 0.4) is 0 Å². The summed E-state index contributed by atoms with van der Waals surface area (Å²) in [6.45, 7) is 3.64. The lowest BCUT2D eigenvalue weighted by atomic mass is 9.98. The predicted molar refractivity (Wildman–Crippen MR) is 97.6 cm³/mol. The Bertz CT molecular complexity index is 704. The number of fused-ring (bicyclic) bond motifs is 1. The Kier molecular flexibility index (Phi) is 4.79. The lowest BCUT2D eigenvalue weighted by molar-refractivity contribution is -0.133. The molecule has 2 fully saturated rings. The molecular weight excluding hydrogens is 310 g/mol. The van der Waals surface area contributed by atoms with Gasteiger partial charge in [0.25, 0.3) is 0 Å². The maximum Gasteiger partial charge on any atom is 0.223 e. The van der Waals surface area contributed by atoms with Gasteiger partial charge in [-0.25, -0.2) is 0 Å². The standard InChI is InChI=1S/C21H25N3O/c25-21-11-6-9-18-14-23(15-19-10-4-5-12-22-19)16-20(18)24(21)13-17-7-2-1-3-8-17/h1-5,7-8,10,12,18,20H,6,9,11,13-16H2/t18-,20+/m1/s1. The molecule has 4 rings (SSSR count). The summed E-state index contributed by atoms with van der Waals surface area (Å²) >= 11 is 0. The Morgan fingerprint density at radius 2 is 1.84 bits per heavy atom. The number of nitrogens with zero attached hydrogens (tertiary/aromatic N) is 3. The fourth-order valence-corrected chi connectivity index (χ4v) is 4.26. The van der Waals surface area contributed by atoms with Crippen LogP contribution in [0.2, 0.25) is 0 Å². The Balaban J connectivity index is 1.50. The molecule has 1 amide bonds. The molecule has 0 N–H and O–H groups in total. The number of likely N-dealkylation sites (tertiary alicyclic amines) is 2. The number of carbonyl (C=O) groups excluding carboxylic acids is 1. The van der Waals surface area contributed by atoms with Gasteiger partial charge in [-0.15, -0.1) is 0 Å². The van der Waals surface area contributed by atoms with Crippen LogP contribution < -0.4 is 0 Å². The van der Waals surface area contributed by atoms with Crippen LogP contribution >= 0.6 is 0 Å². The summed E-state index contributed by atoms with van der Waals surface area (Å²) in [7, 11) is 0. The molecule has 2 saturated heterocycles. The van der Waals surface area contributed by atoms with Crippen molar-refractivity contribution in [3.05, 3.63) is 66.0 Å². The quantitative estimate of drug-likeness (QED) is 0.861. The second kappa shape index (κ2) is 7.36. The molecule has 1 aromatic carbocycles. The highest BCUT2D eigenvalue weighted by atomic mass is 16.2. The average molecular weight is 335 g/mol. The summed E-state index contributed by atoms with van der Waals surface area (Å²) in [5, 5.41) is 0. The van der Waals surface area contributed by atoms with Gasteiger partial charge >= 0.3 is 0 Å². The van der Waals surface area contributed by atoms with Crippen molar-refractivity contribution < 1.29 is 4.79 Å². The second-order valence-corrected chi connectivity index (χ2v) is 7.24. The van der Waals surface area contributed by atoms with Gasteiger partial charge in [-0.2, -0.15) is 0 Å². The molecular formula is C21H25N3O. The van der Waals surface area contributed by atoms with Crippen molar-refractivity contribution >= 4 is 5.91 Å². The van der Waals surface area contributed by atoms with Gasteiger partial charge in [-0.1, -0.05) is 36.4 Å². The topological polar surface area (TPSA) is 36.4 Å². The first kappa shape index (κ1) is 16.3. The number of hydrogen-bond acceptors (Lipinski definition) is 3. The van der Waals surface area contributed by atoms with Gasteiger partial charge in [-0.3, -0.25) is 14.7 Å². The number of rotatable bonds is 4. The van der Waals surface area contributed by atoms with E-state index in [9.17, 15) is 4.79 Å². The van der Waals surface area contributed by atoms with Crippen molar-refractivity contribution in [2.75, 3.05) is 13.1 Å². The van der Waals surface area contributed by atoms with Crippen molar-refractivity contribution in [3.8, 4) is 0 Å². The lowest BCUT2D eigenvalue weighted by Gasteiger charge is -2.30. The van der Waals surface area contributed by atoms with Gasteiger partial charge in [-0.05, 0) is 36.5 Å². The molecule has 0 spiro atoms. The van der Waals surface area contributed by atoms with E-state index in [2.05, 4.69) is 45.1 Å². The second-order valence-electron chi connectivity index (χ2n) is 7.24. The Labute approximate surface area is 149 Å². The molecule has 0 bridgehead atoms. The Morgan fingerprint density at radius 1 is 1.00 bits per heavy atom. The molecule has 2 aliphatic rings. The van der Waals surface area contributed by atoms with E-state index < -0.39 is 0 Å². The summed E-state index contributed by atoms with van der Waals surface area (Å²) < 4.78 is 0. The summed E-state index contributed by atoms with van der Waals surface area (Å²) in [6.07, 6.45) is 4.72. The number of carbonyl (C=O) groups is 1. The number of amides is 1. The van der Waals surface area contributed by atoms with Gasteiger partial charge in [0.2, 0.25) is 5.91 Å². The van der Waals surface area contributed by atoms with Crippen molar-refractivity contribution in [2.24, 2.45) is 5.92 Å². The first-order valence-electron chi connectivity index (χ1n) is 9.25. The zero-order chi connectivity index (χ0) is 17.1. The number of aromatic nitrogens is 1. The molecule has 130 valence electrons. The van der Waals surface area contributed by atoms with Crippen LogP contribution in [0.15, 0.2) is 54.7 Å². The smallest absolute Gasteiger partial charge is 0.223 e. The zero-order valence-electron chi connectivity index (χ0n) is 14.6. The van der Waals surface area contributed by atoms with Crippen LogP contribution in [-0.4, -0.2) is 39.8 Å². The molecule has 3 heterocycles. The van der Waals surface area contributed by atoms with Crippen LogP contribution in [0.5, 0.6) is 0 Å².